The molecule has 2 heterocycles. The van der Waals surface area contributed by atoms with E-state index in [1.807, 2.05) is 25.7 Å². The van der Waals surface area contributed by atoms with Gasteiger partial charge in [0.2, 0.25) is 11.8 Å². The van der Waals surface area contributed by atoms with Crippen molar-refractivity contribution in [1.29, 1.82) is 0 Å². The Morgan fingerprint density at radius 1 is 0.952 bits per heavy atom. The minimum absolute atomic E-state index is 0.114. The van der Waals surface area contributed by atoms with E-state index < -0.39 is 11.5 Å². The highest BCUT2D eigenvalue weighted by Crippen LogP contribution is 2.46. The molecule has 3 aliphatic rings. The van der Waals surface area contributed by atoms with Crippen LogP contribution in [0.5, 0.6) is 0 Å². The third kappa shape index (κ3) is 8.23. The third-order valence-corrected chi connectivity index (χ3v) is 9.43. The van der Waals surface area contributed by atoms with Gasteiger partial charge in [-0.1, -0.05) is 31.4 Å². The number of nitrogens with one attached hydrogen (secondary N) is 3. The molecule has 4 rings (SSSR count). The molecule has 0 radical (unpaired) electrons. The van der Waals surface area contributed by atoms with Crippen molar-refractivity contribution in [3.63, 3.8) is 0 Å². The van der Waals surface area contributed by atoms with E-state index in [1.165, 1.54) is 18.6 Å². The second kappa shape index (κ2) is 13.7. The van der Waals surface area contributed by atoms with Gasteiger partial charge in [0.1, 0.15) is 11.9 Å². The Morgan fingerprint density at radius 2 is 1.60 bits per heavy atom. The molecule has 42 heavy (non-hydrogen) atoms. The van der Waals surface area contributed by atoms with Crippen molar-refractivity contribution in [2.45, 2.75) is 116 Å². The molecule has 1 aromatic carbocycles. The Balaban J connectivity index is 1.50. The van der Waals surface area contributed by atoms with E-state index in [1.54, 1.807) is 17.0 Å². The standard InChI is InChI=1S/C33H52FN5O3/c1-23-15-18-39(22-24(2)35-23)31(42)36-28(21-25-11-13-27(34)14-12-25)29(40)38-19-16-33(17-20-38,26-9-7-6-8-10-26)30(41)37-32(3,4)5/h11-14,23-24,26,28,35H,6-10,15-22H2,1-5H3,(H,36,42)(H,37,41)/t23?,24-,28-/m1/s1. The largest absolute Gasteiger partial charge is 0.351 e. The molecule has 0 spiro atoms. The van der Waals surface area contributed by atoms with Gasteiger partial charge in [-0.3, -0.25) is 9.59 Å². The molecule has 9 heteroatoms. The zero-order chi connectivity index (χ0) is 30.5. The molecule has 234 valence electrons. The van der Waals surface area contributed by atoms with E-state index in [2.05, 4.69) is 29.8 Å². The van der Waals surface area contributed by atoms with E-state index in [9.17, 15) is 18.8 Å². The van der Waals surface area contributed by atoms with Gasteiger partial charge in [-0.05, 0) is 90.3 Å². The molecular weight excluding hydrogens is 533 g/mol. The van der Waals surface area contributed by atoms with Gasteiger partial charge in [0.05, 0.1) is 5.41 Å². The Morgan fingerprint density at radius 3 is 2.21 bits per heavy atom. The van der Waals surface area contributed by atoms with Gasteiger partial charge >= 0.3 is 6.03 Å². The molecule has 1 aliphatic carbocycles. The highest BCUT2D eigenvalue weighted by Gasteiger charge is 2.49. The van der Waals surface area contributed by atoms with Crippen LogP contribution in [0.2, 0.25) is 0 Å². The average Bonchev–Trinajstić information content (AvgIpc) is 3.12. The quantitative estimate of drug-likeness (QED) is 0.454. The first-order chi connectivity index (χ1) is 19.9. The van der Waals surface area contributed by atoms with Gasteiger partial charge in [-0.15, -0.1) is 0 Å². The summed E-state index contributed by atoms with van der Waals surface area (Å²) in [6.07, 6.45) is 7.96. The van der Waals surface area contributed by atoms with Crippen LogP contribution < -0.4 is 16.0 Å². The molecule has 3 N–H and O–H groups in total. The number of benzene rings is 1. The molecule has 4 amide bonds. The van der Waals surface area contributed by atoms with Crippen molar-refractivity contribution in [1.82, 2.24) is 25.8 Å². The van der Waals surface area contributed by atoms with Crippen molar-refractivity contribution in [2.24, 2.45) is 11.3 Å². The summed E-state index contributed by atoms with van der Waals surface area (Å²) in [4.78, 5) is 45.0. The molecule has 2 saturated heterocycles. The molecule has 1 saturated carbocycles. The maximum absolute atomic E-state index is 14.1. The average molecular weight is 586 g/mol. The number of hydrogen-bond acceptors (Lipinski definition) is 4. The second-order valence-electron chi connectivity index (χ2n) is 14.1. The molecule has 3 fully saturated rings. The molecule has 1 aromatic rings. The molecule has 0 bridgehead atoms. The molecule has 8 nitrogen and oxygen atoms in total. The highest BCUT2D eigenvalue weighted by molar-refractivity contribution is 5.88. The summed E-state index contributed by atoms with van der Waals surface area (Å²) in [6, 6.07) is 5.53. The number of carbonyl (C=O) groups excluding carboxylic acids is 3. The van der Waals surface area contributed by atoms with E-state index in [0.29, 0.717) is 51.0 Å². The molecule has 0 aromatic heterocycles. The lowest BCUT2D eigenvalue weighted by Crippen LogP contribution is -2.59. The zero-order valence-corrected chi connectivity index (χ0v) is 26.3. The fourth-order valence-electron chi connectivity index (χ4n) is 7.16. The fourth-order valence-corrected chi connectivity index (χ4v) is 7.16. The lowest BCUT2D eigenvalue weighted by molar-refractivity contribution is -0.147. The number of nitrogens with zero attached hydrogens (tertiary/aromatic N) is 2. The van der Waals surface area contributed by atoms with Gasteiger partial charge < -0.3 is 25.8 Å². The van der Waals surface area contributed by atoms with E-state index in [0.717, 1.165) is 37.7 Å². The van der Waals surface area contributed by atoms with Gasteiger partial charge in [0.25, 0.3) is 0 Å². The first-order valence-corrected chi connectivity index (χ1v) is 16.0. The summed E-state index contributed by atoms with van der Waals surface area (Å²) in [6.45, 7) is 12.3. The van der Waals surface area contributed by atoms with Crippen LogP contribution in [0, 0.1) is 17.2 Å². The van der Waals surface area contributed by atoms with Crippen molar-refractivity contribution >= 4 is 17.8 Å². The number of likely N-dealkylation sites (tertiary alicyclic amines) is 1. The molecular formula is C33H52FN5O3. The fraction of sp³-hybridized carbons (Fsp3) is 0.727. The van der Waals surface area contributed by atoms with Crippen LogP contribution >= 0.6 is 0 Å². The Bertz CT molecular complexity index is 1070. The number of urea groups is 1. The van der Waals surface area contributed by atoms with Crippen LogP contribution in [0.3, 0.4) is 0 Å². The van der Waals surface area contributed by atoms with Crippen LogP contribution in [0.25, 0.3) is 0 Å². The Hall–Kier alpha value is -2.68. The maximum Gasteiger partial charge on any atom is 0.318 e. The number of carbonyl (C=O) groups is 3. The first kappa shape index (κ1) is 32.2. The van der Waals surface area contributed by atoms with E-state index in [-0.39, 0.29) is 41.7 Å². The number of halogens is 1. The van der Waals surface area contributed by atoms with Gasteiger partial charge in [-0.2, -0.15) is 0 Å². The summed E-state index contributed by atoms with van der Waals surface area (Å²) in [7, 11) is 0. The molecule has 1 unspecified atom stereocenters. The van der Waals surface area contributed by atoms with Crippen LogP contribution in [-0.2, 0) is 16.0 Å². The van der Waals surface area contributed by atoms with Crippen LogP contribution in [0.15, 0.2) is 24.3 Å². The maximum atomic E-state index is 14.1. The van der Waals surface area contributed by atoms with Crippen LogP contribution in [0.4, 0.5) is 9.18 Å². The van der Waals surface area contributed by atoms with Crippen molar-refractivity contribution in [3.05, 3.63) is 35.6 Å². The molecule has 3 atom stereocenters. The third-order valence-electron chi connectivity index (χ3n) is 9.43. The number of amides is 4. The first-order valence-electron chi connectivity index (χ1n) is 16.0. The predicted molar refractivity (Wildman–Crippen MR) is 163 cm³/mol. The van der Waals surface area contributed by atoms with Crippen LogP contribution in [0.1, 0.15) is 91.5 Å². The van der Waals surface area contributed by atoms with Crippen molar-refractivity contribution < 1.29 is 18.8 Å². The number of rotatable bonds is 6. The minimum Gasteiger partial charge on any atom is -0.351 e. The Kier molecular flexibility index (Phi) is 10.5. The SMILES string of the molecule is CC1CCN(C(=O)N[C@H](Cc2ccc(F)cc2)C(=O)N2CCC(C(=O)NC(C)(C)C)(C3CCCCC3)CC2)C[C@@H](C)N1. The Labute approximate surface area is 251 Å². The van der Waals surface area contributed by atoms with Gasteiger partial charge in [0, 0.05) is 50.2 Å². The van der Waals surface area contributed by atoms with Gasteiger partial charge in [-0.25, -0.2) is 9.18 Å². The zero-order valence-electron chi connectivity index (χ0n) is 26.3. The highest BCUT2D eigenvalue weighted by atomic mass is 19.1. The summed E-state index contributed by atoms with van der Waals surface area (Å²) in [5.74, 6) is -0.0464. The van der Waals surface area contributed by atoms with Gasteiger partial charge in [0.15, 0.2) is 0 Å². The number of hydrogen-bond donors (Lipinski definition) is 3. The minimum atomic E-state index is -0.780. The monoisotopic (exact) mass is 585 g/mol. The smallest absolute Gasteiger partial charge is 0.318 e. The van der Waals surface area contributed by atoms with E-state index in [4.69, 9.17) is 0 Å². The van der Waals surface area contributed by atoms with Crippen molar-refractivity contribution in [2.75, 3.05) is 26.2 Å². The summed E-state index contributed by atoms with van der Waals surface area (Å²) in [5.41, 5.74) is -0.0202. The summed E-state index contributed by atoms with van der Waals surface area (Å²) < 4.78 is 13.6. The summed E-state index contributed by atoms with van der Waals surface area (Å²) >= 11 is 0. The van der Waals surface area contributed by atoms with Crippen molar-refractivity contribution in [3.8, 4) is 0 Å². The normalized spacial score (nSPS) is 24.4. The second-order valence-corrected chi connectivity index (χ2v) is 14.1. The lowest BCUT2D eigenvalue weighted by atomic mass is 9.63. The lowest BCUT2D eigenvalue weighted by Gasteiger charge is -2.48. The molecule has 2 aliphatic heterocycles. The summed E-state index contributed by atoms with van der Waals surface area (Å²) in [5, 5.41) is 9.80. The predicted octanol–water partition coefficient (Wildman–Crippen LogP) is 4.62. The van der Waals surface area contributed by atoms with Crippen LogP contribution in [-0.4, -0.2) is 77.5 Å². The number of piperidine rings is 1. The topological polar surface area (TPSA) is 93.8 Å². The van der Waals surface area contributed by atoms with E-state index >= 15 is 0 Å².